The van der Waals surface area contributed by atoms with Crippen LogP contribution in [-0.2, 0) is 14.8 Å². The van der Waals surface area contributed by atoms with E-state index in [1.54, 1.807) is 42.5 Å². The molecule has 0 saturated carbocycles. The lowest BCUT2D eigenvalue weighted by atomic mass is 10.1. The average Bonchev–Trinajstić information content (AvgIpc) is 3.09. The highest BCUT2D eigenvalue weighted by Gasteiger charge is 2.32. The third kappa shape index (κ3) is 3.42. The highest BCUT2D eigenvalue weighted by molar-refractivity contribution is 7.93. The molecule has 0 atom stereocenters. The molecule has 0 aliphatic carbocycles. The fraction of sp³-hybridized carbons (Fsp3) is 0.182. The van der Waals surface area contributed by atoms with Crippen LogP contribution in [0.15, 0.2) is 68.7 Å². The summed E-state index contributed by atoms with van der Waals surface area (Å²) in [6.45, 7) is 3.68. The largest absolute Gasteiger partial charge is 0.413 e. The van der Waals surface area contributed by atoms with E-state index in [-0.39, 0.29) is 17.0 Å². The third-order valence-corrected chi connectivity index (χ3v) is 7.31. The molecule has 154 valence electrons. The maximum Gasteiger partial charge on any atom is 0.396 e. The number of hydrogen-bond acceptors (Lipinski definition) is 6. The SMILES string of the molecule is CCCC(=O)N(c1cc2sc(=O)oc2c2ccccc12)S(=O)(=O)c1ccc(C)cc1. The van der Waals surface area contributed by atoms with E-state index in [1.807, 2.05) is 13.8 Å². The topological polar surface area (TPSA) is 84.7 Å². The normalized spacial score (nSPS) is 11.8. The highest BCUT2D eigenvalue weighted by Crippen LogP contribution is 2.38. The van der Waals surface area contributed by atoms with Crippen LogP contribution in [0.1, 0.15) is 25.3 Å². The van der Waals surface area contributed by atoms with Crippen LogP contribution < -0.4 is 9.24 Å². The molecule has 0 spiro atoms. The number of hydrogen-bond donors (Lipinski definition) is 0. The monoisotopic (exact) mass is 441 g/mol. The van der Waals surface area contributed by atoms with Crippen LogP contribution in [0.25, 0.3) is 21.1 Å². The van der Waals surface area contributed by atoms with Crippen molar-refractivity contribution >= 4 is 54.0 Å². The molecule has 0 unspecified atom stereocenters. The summed E-state index contributed by atoms with van der Waals surface area (Å²) in [5, 5.41) is 1.10. The highest BCUT2D eigenvalue weighted by atomic mass is 32.2. The Morgan fingerprint density at radius 3 is 2.40 bits per heavy atom. The van der Waals surface area contributed by atoms with Gasteiger partial charge >= 0.3 is 4.94 Å². The minimum Gasteiger partial charge on any atom is -0.413 e. The molecule has 1 amide bonds. The van der Waals surface area contributed by atoms with Gasteiger partial charge in [0.05, 0.1) is 15.3 Å². The van der Waals surface area contributed by atoms with E-state index in [0.717, 1.165) is 21.2 Å². The molecule has 3 aromatic carbocycles. The molecule has 0 N–H and O–H groups in total. The van der Waals surface area contributed by atoms with Crippen LogP contribution in [0, 0.1) is 6.92 Å². The molecular formula is C22H19NO5S2. The summed E-state index contributed by atoms with van der Waals surface area (Å²) < 4.78 is 33.8. The number of benzene rings is 3. The van der Waals surface area contributed by atoms with Crippen molar-refractivity contribution in [1.29, 1.82) is 0 Å². The zero-order valence-electron chi connectivity index (χ0n) is 16.4. The Kier molecular flexibility index (Phi) is 5.21. The van der Waals surface area contributed by atoms with Crippen LogP contribution in [0.2, 0.25) is 0 Å². The number of sulfonamides is 1. The van der Waals surface area contributed by atoms with Gasteiger partial charge < -0.3 is 4.42 Å². The van der Waals surface area contributed by atoms with Crippen LogP contribution in [0.3, 0.4) is 0 Å². The van der Waals surface area contributed by atoms with Crippen molar-refractivity contribution in [2.45, 2.75) is 31.6 Å². The Hall–Kier alpha value is -2.97. The molecule has 0 aliphatic heterocycles. The van der Waals surface area contributed by atoms with E-state index < -0.39 is 20.9 Å². The Morgan fingerprint density at radius 2 is 1.73 bits per heavy atom. The number of amides is 1. The van der Waals surface area contributed by atoms with Gasteiger partial charge in [-0.2, -0.15) is 0 Å². The van der Waals surface area contributed by atoms with Crippen molar-refractivity contribution in [3.05, 3.63) is 69.9 Å². The predicted molar refractivity (Wildman–Crippen MR) is 119 cm³/mol. The number of carbonyl (C=O) groups excluding carboxylic acids is 1. The summed E-state index contributed by atoms with van der Waals surface area (Å²) in [4.78, 5) is 24.5. The number of rotatable bonds is 5. The molecule has 8 heteroatoms. The lowest BCUT2D eigenvalue weighted by Gasteiger charge is -2.24. The molecule has 4 aromatic rings. The van der Waals surface area contributed by atoms with Gasteiger partial charge in [0.25, 0.3) is 10.0 Å². The van der Waals surface area contributed by atoms with E-state index >= 15 is 0 Å². The lowest BCUT2D eigenvalue weighted by molar-refractivity contribution is -0.117. The summed E-state index contributed by atoms with van der Waals surface area (Å²) in [6, 6.07) is 14.9. The molecule has 0 fully saturated rings. The Morgan fingerprint density at radius 1 is 1.07 bits per heavy atom. The molecule has 0 aliphatic rings. The van der Waals surface area contributed by atoms with E-state index in [4.69, 9.17) is 4.42 Å². The van der Waals surface area contributed by atoms with Crippen LogP contribution in [-0.4, -0.2) is 14.3 Å². The smallest absolute Gasteiger partial charge is 0.396 e. The van der Waals surface area contributed by atoms with E-state index in [9.17, 15) is 18.0 Å². The quantitative estimate of drug-likeness (QED) is 0.442. The number of fused-ring (bicyclic) bond motifs is 3. The van der Waals surface area contributed by atoms with Crippen LogP contribution >= 0.6 is 11.3 Å². The summed E-state index contributed by atoms with van der Waals surface area (Å²) in [7, 11) is -4.17. The second-order valence-corrected chi connectivity index (χ2v) is 9.71. The minimum atomic E-state index is -4.17. The first-order valence-corrected chi connectivity index (χ1v) is 11.7. The zero-order valence-corrected chi connectivity index (χ0v) is 18.0. The van der Waals surface area contributed by atoms with Gasteiger partial charge in [0.15, 0.2) is 5.58 Å². The van der Waals surface area contributed by atoms with Crippen LogP contribution in [0.5, 0.6) is 0 Å². The van der Waals surface area contributed by atoms with Crippen molar-refractivity contribution in [2.75, 3.05) is 4.31 Å². The number of nitrogens with zero attached hydrogens (tertiary/aromatic N) is 1. The summed E-state index contributed by atoms with van der Waals surface area (Å²) in [6.07, 6.45) is 0.567. The zero-order chi connectivity index (χ0) is 21.5. The van der Waals surface area contributed by atoms with Crippen molar-refractivity contribution in [3.63, 3.8) is 0 Å². The molecule has 4 rings (SSSR count). The van der Waals surface area contributed by atoms with Gasteiger partial charge in [-0.05, 0) is 31.5 Å². The fourth-order valence-electron chi connectivity index (χ4n) is 3.38. The van der Waals surface area contributed by atoms with Gasteiger partial charge in [0, 0.05) is 17.2 Å². The van der Waals surface area contributed by atoms with E-state index in [1.165, 1.54) is 12.1 Å². The Labute approximate surface area is 177 Å². The first-order valence-electron chi connectivity index (χ1n) is 9.43. The third-order valence-electron chi connectivity index (χ3n) is 4.79. The standard InChI is InChI=1S/C22H19NO5S2/c1-3-6-20(24)23(30(26,27)15-11-9-14(2)10-12-15)18-13-19-21(28-22(25)29-19)17-8-5-4-7-16(17)18/h4-5,7-13H,3,6H2,1-2H3. The van der Waals surface area contributed by atoms with Gasteiger partial charge in [0.1, 0.15) is 0 Å². The van der Waals surface area contributed by atoms with Gasteiger partial charge in [0.2, 0.25) is 5.91 Å². The average molecular weight is 442 g/mol. The van der Waals surface area contributed by atoms with Crippen molar-refractivity contribution in [2.24, 2.45) is 0 Å². The van der Waals surface area contributed by atoms with Gasteiger partial charge in [-0.1, -0.05) is 60.2 Å². The van der Waals surface area contributed by atoms with Gasteiger partial charge in [-0.15, -0.1) is 0 Å². The molecular weight excluding hydrogens is 422 g/mol. The molecule has 1 heterocycles. The van der Waals surface area contributed by atoms with Gasteiger partial charge in [-0.25, -0.2) is 17.5 Å². The molecule has 30 heavy (non-hydrogen) atoms. The van der Waals surface area contributed by atoms with Crippen molar-refractivity contribution in [1.82, 2.24) is 0 Å². The first-order chi connectivity index (χ1) is 14.3. The maximum absolute atomic E-state index is 13.6. The minimum absolute atomic E-state index is 0.0297. The fourth-order valence-corrected chi connectivity index (χ4v) is 5.56. The molecule has 0 saturated heterocycles. The van der Waals surface area contributed by atoms with E-state index in [2.05, 4.69) is 0 Å². The first kappa shape index (κ1) is 20.3. The number of aryl methyl sites for hydroxylation is 1. The number of carbonyl (C=O) groups is 1. The predicted octanol–water partition coefficient (Wildman–Crippen LogP) is 4.84. The second kappa shape index (κ2) is 7.70. The van der Waals surface area contributed by atoms with Crippen LogP contribution in [0.4, 0.5) is 5.69 Å². The summed E-state index contributed by atoms with van der Waals surface area (Å²) in [5.41, 5.74) is 1.52. The molecule has 0 radical (unpaired) electrons. The van der Waals surface area contributed by atoms with Crippen molar-refractivity contribution in [3.8, 4) is 0 Å². The molecule has 0 bridgehead atoms. The molecule has 1 aromatic heterocycles. The van der Waals surface area contributed by atoms with Gasteiger partial charge in [-0.3, -0.25) is 4.79 Å². The second-order valence-electron chi connectivity index (χ2n) is 6.95. The lowest BCUT2D eigenvalue weighted by Crippen LogP contribution is -2.37. The number of anilines is 1. The summed E-state index contributed by atoms with van der Waals surface area (Å²) in [5.74, 6) is -0.529. The molecule has 6 nitrogen and oxygen atoms in total. The van der Waals surface area contributed by atoms with Crippen molar-refractivity contribution < 1.29 is 17.6 Å². The Bertz CT molecular complexity index is 1420. The Balaban J connectivity index is 2.04. The maximum atomic E-state index is 13.6. The summed E-state index contributed by atoms with van der Waals surface area (Å²) >= 11 is 0.877. The van der Waals surface area contributed by atoms with E-state index in [0.29, 0.717) is 27.5 Å².